The van der Waals surface area contributed by atoms with Crippen LogP contribution in [-0.4, -0.2) is 18.1 Å². The number of pyridine rings is 2. The molecule has 0 spiro atoms. The van der Waals surface area contributed by atoms with Gasteiger partial charge in [0.1, 0.15) is 76.4 Å². The smallest absolute Gasteiger partial charge is 0.295 e. The van der Waals surface area contributed by atoms with Gasteiger partial charge < -0.3 is 4.42 Å². The maximum Gasteiger partial charge on any atom is 0.295 e. The summed E-state index contributed by atoms with van der Waals surface area (Å²) in [5.74, 6) is 4.99. The van der Waals surface area contributed by atoms with Crippen molar-refractivity contribution in [2.45, 2.75) is 154 Å². The van der Waals surface area contributed by atoms with Gasteiger partial charge in [0.05, 0.1) is 50.1 Å². The number of hydrogen-bond acceptors (Lipinski definition) is 2. The molecular formula is C106H112N8OS+4. The van der Waals surface area contributed by atoms with E-state index in [-0.39, 0.29) is 0 Å². The molecule has 0 aliphatic heterocycles. The fourth-order valence-electron chi connectivity index (χ4n) is 18.5. The van der Waals surface area contributed by atoms with Crippen molar-refractivity contribution in [3.05, 3.63) is 311 Å². The van der Waals surface area contributed by atoms with Crippen LogP contribution in [0.4, 0.5) is 0 Å². The van der Waals surface area contributed by atoms with E-state index in [9.17, 15) is 0 Å². The van der Waals surface area contributed by atoms with Gasteiger partial charge >= 0.3 is 0 Å². The van der Waals surface area contributed by atoms with E-state index in [2.05, 4.69) is 426 Å². The molecule has 0 saturated carbocycles. The van der Waals surface area contributed by atoms with Crippen LogP contribution in [-0.2, 0) is 34.6 Å². The standard InChI is InChI=1S/C30H33N2.C29H31N2O.C29H31N2S.C18H17N2/c1-19(2)17-22-12-10-14-23(20(3)4)29(22)27-18-31(6)30-28-21(5)11-9-15-25(28)24-13-7-8-16-26(24)32(27)30;2*1-18(2)23-17-24-22-13-9-10-14-25(22)32-28(24)26(19(3)4)27(23)31-16-15-30(6)29(31)21-12-8-7-11-20(21)5;1-12-7-6-9-15-14-8-4-5-10-16(14)20-11-13(2)19(3)18(20)17(12)15/h7-16,18-20H,17H2,1-6H3;2*7-19H,1-6H3;4-11H,1-3H3/q4*+1. The number of fused-ring (bicyclic) bond motifs is 18. The highest BCUT2D eigenvalue weighted by Crippen LogP contribution is 2.48. The summed E-state index contributed by atoms with van der Waals surface area (Å²) in [5.41, 5.74) is 29.7. The van der Waals surface area contributed by atoms with Gasteiger partial charge in [-0.05, 0) is 152 Å². The second-order valence-corrected chi connectivity index (χ2v) is 35.4. The largest absolute Gasteiger partial charge is 0.456 e. The number of para-hydroxylation sites is 3. The van der Waals surface area contributed by atoms with Gasteiger partial charge in [0.15, 0.2) is 5.69 Å². The minimum absolute atomic E-state index is 0.309. The molecule has 8 aromatic heterocycles. The van der Waals surface area contributed by atoms with Gasteiger partial charge in [-0.1, -0.05) is 247 Å². The molecule has 19 aromatic rings. The van der Waals surface area contributed by atoms with Crippen molar-refractivity contribution in [2.75, 3.05) is 0 Å². The summed E-state index contributed by atoms with van der Waals surface area (Å²) in [6.45, 7) is 38.6. The zero-order chi connectivity index (χ0) is 81.6. The number of aryl methyl sites for hydroxylation is 9. The third kappa shape index (κ3) is 13.5. The van der Waals surface area contributed by atoms with Gasteiger partial charge in [-0.3, -0.25) is 0 Å². The van der Waals surface area contributed by atoms with Crippen LogP contribution in [0.2, 0.25) is 0 Å². The Kier molecular flexibility index (Phi) is 21.2. The summed E-state index contributed by atoms with van der Waals surface area (Å²) in [5, 5.41) is 13.2. The lowest BCUT2D eigenvalue weighted by Crippen LogP contribution is -2.29. The van der Waals surface area contributed by atoms with Crippen LogP contribution < -0.4 is 18.1 Å². The molecule has 116 heavy (non-hydrogen) atoms. The van der Waals surface area contributed by atoms with Crippen molar-refractivity contribution in [1.82, 2.24) is 18.1 Å². The van der Waals surface area contributed by atoms with E-state index in [4.69, 9.17) is 4.42 Å². The number of benzene rings is 11. The minimum Gasteiger partial charge on any atom is -0.456 e. The van der Waals surface area contributed by atoms with E-state index < -0.39 is 0 Å². The summed E-state index contributed by atoms with van der Waals surface area (Å²) in [4.78, 5) is 0. The molecule has 0 radical (unpaired) electrons. The Morgan fingerprint density at radius 3 is 1.50 bits per heavy atom. The predicted molar refractivity (Wildman–Crippen MR) is 490 cm³/mol. The first kappa shape index (κ1) is 78.2. The molecule has 0 atom stereocenters. The van der Waals surface area contributed by atoms with Crippen LogP contribution in [0.5, 0.6) is 0 Å². The van der Waals surface area contributed by atoms with E-state index >= 15 is 0 Å². The maximum atomic E-state index is 6.50. The van der Waals surface area contributed by atoms with Crippen LogP contribution in [0.1, 0.15) is 174 Å². The molecule has 9 nitrogen and oxygen atoms in total. The first-order chi connectivity index (χ1) is 55.8. The number of furan rings is 1. The third-order valence-corrected chi connectivity index (χ3v) is 25.4. The summed E-state index contributed by atoms with van der Waals surface area (Å²) >= 11 is 1.94. The molecule has 0 aliphatic carbocycles. The highest BCUT2D eigenvalue weighted by atomic mass is 32.1. The quantitative estimate of drug-likeness (QED) is 0.0888. The maximum absolute atomic E-state index is 6.50. The Balaban J connectivity index is 0.000000118. The number of thiophene rings is 1. The summed E-state index contributed by atoms with van der Waals surface area (Å²) < 4.78 is 28.0. The van der Waals surface area contributed by atoms with Crippen LogP contribution in [0.3, 0.4) is 0 Å². The summed E-state index contributed by atoms with van der Waals surface area (Å²) in [7, 11) is 8.62. The Labute approximate surface area is 688 Å². The van der Waals surface area contributed by atoms with Gasteiger partial charge in [-0.15, -0.1) is 11.3 Å². The van der Waals surface area contributed by atoms with Gasteiger partial charge in [-0.25, -0.2) is 18.3 Å². The van der Waals surface area contributed by atoms with Crippen LogP contribution >= 0.6 is 11.3 Å². The molecule has 19 rings (SSSR count). The molecule has 0 N–H and O–H groups in total. The van der Waals surface area contributed by atoms with Gasteiger partial charge in [0, 0.05) is 87.2 Å². The molecule has 0 aliphatic rings. The van der Waals surface area contributed by atoms with Crippen molar-refractivity contribution in [1.29, 1.82) is 0 Å². The second kappa shape index (κ2) is 31.5. The molecule has 584 valence electrons. The molecule has 0 fully saturated rings. The van der Waals surface area contributed by atoms with Gasteiger partial charge in [0.2, 0.25) is 0 Å². The highest BCUT2D eigenvalue weighted by Gasteiger charge is 2.34. The van der Waals surface area contributed by atoms with E-state index in [0.717, 1.165) is 17.6 Å². The van der Waals surface area contributed by atoms with Crippen LogP contribution in [0.15, 0.2) is 254 Å². The van der Waals surface area contributed by atoms with Gasteiger partial charge in [0.25, 0.3) is 22.9 Å². The van der Waals surface area contributed by atoms with E-state index in [1.807, 2.05) is 17.4 Å². The minimum atomic E-state index is 0.309. The number of rotatable bonds is 12. The monoisotopic (exact) mass is 1540 g/mol. The number of hydrogen-bond donors (Lipinski definition) is 0. The SMILES string of the molecule is Cc1cccc2c3ccccc3[n+]3cc(C)n(C)c3c12.Cc1cccc2c3ccccc3n3c(-c4c(CC(C)C)cccc4C(C)C)c[n+](C)c3c12.Cc1ccccc1-c1n(-c2c(C(C)C)cc3c(oc4ccccc43)c2C(C)C)cc[n+]1C.Cc1ccccc1-c1n(-c2c(C(C)C)cc3c(sc4ccccc43)c2C(C)C)cc[n+]1C. The number of aromatic nitrogens is 8. The Morgan fingerprint density at radius 1 is 0.414 bits per heavy atom. The van der Waals surface area contributed by atoms with E-state index in [1.165, 1.54) is 192 Å². The molecule has 11 aromatic carbocycles. The summed E-state index contributed by atoms with van der Waals surface area (Å²) in [6, 6.07) is 77.0. The Morgan fingerprint density at radius 2 is 0.905 bits per heavy atom. The molecule has 10 heteroatoms. The van der Waals surface area contributed by atoms with Crippen molar-refractivity contribution >= 4 is 108 Å². The first-order valence-corrected chi connectivity index (χ1v) is 42.6. The van der Waals surface area contributed by atoms with E-state index in [0.29, 0.717) is 35.5 Å². The molecule has 0 saturated heterocycles. The number of imidazole rings is 4. The van der Waals surface area contributed by atoms with Crippen LogP contribution in [0, 0.1) is 40.5 Å². The number of nitrogens with zero attached hydrogens (tertiary/aromatic N) is 8. The summed E-state index contributed by atoms with van der Waals surface area (Å²) in [6.07, 6.45) is 14.4. The van der Waals surface area contributed by atoms with E-state index in [1.54, 1.807) is 0 Å². The van der Waals surface area contributed by atoms with Crippen molar-refractivity contribution in [3.63, 3.8) is 0 Å². The lowest BCUT2D eigenvalue weighted by Gasteiger charge is -2.19. The van der Waals surface area contributed by atoms with Gasteiger partial charge in [-0.2, -0.15) is 17.9 Å². The second-order valence-electron chi connectivity index (χ2n) is 34.3. The Bertz CT molecular complexity index is 6790. The lowest BCUT2D eigenvalue weighted by molar-refractivity contribution is -0.659. The average Bonchev–Trinajstić information content (AvgIpc) is 1.49. The Hall–Kier alpha value is -11.7. The predicted octanol–water partition coefficient (Wildman–Crippen LogP) is 26.4. The topological polar surface area (TPSA) is 48.1 Å². The molecule has 0 bridgehead atoms. The third-order valence-electron chi connectivity index (χ3n) is 24.1. The molecule has 0 amide bonds. The van der Waals surface area contributed by atoms with Crippen molar-refractivity contribution in [3.8, 4) is 45.4 Å². The lowest BCUT2D eigenvalue weighted by atomic mass is 9.88. The first-order valence-electron chi connectivity index (χ1n) is 41.8. The zero-order valence-corrected chi connectivity index (χ0v) is 72.6. The van der Waals surface area contributed by atoms with Crippen molar-refractivity contribution < 1.29 is 22.5 Å². The fourth-order valence-corrected chi connectivity index (χ4v) is 19.9. The van der Waals surface area contributed by atoms with Crippen molar-refractivity contribution in [2.24, 2.45) is 34.1 Å². The normalized spacial score (nSPS) is 12.0. The molecule has 8 heterocycles. The average molecular weight is 1550 g/mol. The molecular weight excluding hydrogens is 1430 g/mol. The fraction of sp³-hybridized carbons (Fsp3) is 0.264. The van der Waals surface area contributed by atoms with Crippen LogP contribution in [0.25, 0.3) is 142 Å². The molecule has 0 unspecified atom stereocenters. The zero-order valence-electron chi connectivity index (χ0n) is 71.7. The highest BCUT2D eigenvalue weighted by molar-refractivity contribution is 7.26.